The average molecular weight is 336 g/mol. The highest BCUT2D eigenvalue weighted by atomic mass is 35.5. The topological polar surface area (TPSA) is 104 Å². The van der Waals surface area contributed by atoms with E-state index in [0.717, 1.165) is 5.56 Å². The Morgan fingerprint density at radius 3 is 2.48 bits per heavy atom. The molecular weight excluding hydrogens is 322 g/mol. The molecule has 0 aliphatic heterocycles. The number of carbonyl (C=O) groups is 1. The second kappa shape index (κ2) is 7.57. The number of nitrogens with zero attached hydrogens (tertiary/aromatic N) is 1. The van der Waals surface area contributed by atoms with E-state index in [0.29, 0.717) is 12.1 Å². The van der Waals surface area contributed by atoms with Crippen LogP contribution < -0.4 is 10.6 Å². The Hall–Kier alpha value is -2.64. The molecular formula is C15H14ClN3O4. The number of carbonyl (C=O) groups excluding carboxylic acids is 1. The molecule has 0 unspecified atom stereocenters. The van der Waals surface area contributed by atoms with E-state index in [1.807, 2.05) is 0 Å². The van der Waals surface area contributed by atoms with Gasteiger partial charge in [0.05, 0.1) is 4.92 Å². The van der Waals surface area contributed by atoms with Gasteiger partial charge < -0.3 is 15.7 Å². The SMILES string of the molecule is O=C(Nc1ccc(CCO)cc1)Nc1ccc(Cl)cc1[N+](=O)[O-]. The van der Waals surface area contributed by atoms with Crippen LogP contribution >= 0.6 is 11.6 Å². The second-order valence-electron chi connectivity index (χ2n) is 4.67. The Kier molecular flexibility index (Phi) is 5.51. The number of nitro benzene ring substituents is 1. The minimum absolute atomic E-state index is 0.0491. The molecule has 0 bridgehead atoms. The number of aliphatic hydroxyl groups excluding tert-OH is 1. The number of rotatable bonds is 5. The number of nitrogens with one attached hydrogen (secondary N) is 2. The molecule has 0 saturated heterocycles. The molecule has 0 heterocycles. The van der Waals surface area contributed by atoms with Crippen molar-refractivity contribution in [3.8, 4) is 0 Å². The number of nitro groups is 1. The number of urea groups is 1. The Morgan fingerprint density at radius 2 is 1.87 bits per heavy atom. The molecule has 0 fully saturated rings. The van der Waals surface area contributed by atoms with Crippen molar-refractivity contribution in [2.45, 2.75) is 6.42 Å². The summed E-state index contributed by atoms with van der Waals surface area (Å²) in [6, 6.07) is 10.3. The lowest BCUT2D eigenvalue weighted by Gasteiger charge is -2.09. The molecule has 23 heavy (non-hydrogen) atoms. The van der Waals surface area contributed by atoms with Crippen LogP contribution in [0.5, 0.6) is 0 Å². The van der Waals surface area contributed by atoms with Gasteiger partial charge in [0.15, 0.2) is 0 Å². The van der Waals surface area contributed by atoms with Crippen molar-refractivity contribution < 1.29 is 14.8 Å². The average Bonchev–Trinajstić information content (AvgIpc) is 2.51. The first-order chi connectivity index (χ1) is 11.0. The summed E-state index contributed by atoms with van der Waals surface area (Å²) in [5.74, 6) is 0. The van der Waals surface area contributed by atoms with Gasteiger partial charge in [-0.15, -0.1) is 0 Å². The van der Waals surface area contributed by atoms with Crippen LogP contribution in [0.25, 0.3) is 0 Å². The van der Waals surface area contributed by atoms with E-state index in [2.05, 4.69) is 10.6 Å². The van der Waals surface area contributed by atoms with Gasteiger partial charge in [0, 0.05) is 23.4 Å². The first-order valence-electron chi connectivity index (χ1n) is 6.71. The fourth-order valence-electron chi connectivity index (χ4n) is 1.93. The van der Waals surface area contributed by atoms with Crippen LogP contribution in [0.1, 0.15) is 5.56 Å². The third kappa shape index (κ3) is 4.67. The summed E-state index contributed by atoms with van der Waals surface area (Å²) in [5.41, 5.74) is 1.23. The summed E-state index contributed by atoms with van der Waals surface area (Å²) in [6.45, 7) is 0.0491. The Labute approximate surface area is 137 Å². The van der Waals surface area contributed by atoms with Crippen molar-refractivity contribution in [1.29, 1.82) is 0 Å². The van der Waals surface area contributed by atoms with Gasteiger partial charge in [-0.25, -0.2) is 4.79 Å². The van der Waals surface area contributed by atoms with Crippen molar-refractivity contribution in [2.24, 2.45) is 0 Å². The van der Waals surface area contributed by atoms with Crippen molar-refractivity contribution in [3.63, 3.8) is 0 Å². The number of amides is 2. The highest BCUT2D eigenvalue weighted by Crippen LogP contribution is 2.27. The van der Waals surface area contributed by atoms with Crippen molar-refractivity contribution >= 4 is 34.7 Å². The molecule has 0 radical (unpaired) electrons. The number of hydrogen-bond donors (Lipinski definition) is 3. The molecule has 0 aliphatic rings. The molecule has 7 nitrogen and oxygen atoms in total. The maximum atomic E-state index is 11.9. The first kappa shape index (κ1) is 16.7. The van der Waals surface area contributed by atoms with Gasteiger partial charge in [-0.1, -0.05) is 23.7 Å². The molecule has 0 aliphatic carbocycles. The maximum Gasteiger partial charge on any atom is 0.323 e. The number of hydrogen-bond acceptors (Lipinski definition) is 4. The standard InChI is InChI=1S/C15H14ClN3O4/c16-11-3-6-13(14(9-11)19(22)23)18-15(21)17-12-4-1-10(2-5-12)7-8-20/h1-6,9,20H,7-8H2,(H2,17,18,21). The van der Waals surface area contributed by atoms with Crippen LogP contribution in [0.4, 0.5) is 21.9 Å². The first-order valence-corrected chi connectivity index (χ1v) is 7.09. The molecule has 8 heteroatoms. The van der Waals surface area contributed by atoms with E-state index in [1.165, 1.54) is 18.2 Å². The highest BCUT2D eigenvalue weighted by Gasteiger charge is 2.16. The van der Waals surface area contributed by atoms with Crippen LogP contribution in [-0.2, 0) is 6.42 Å². The highest BCUT2D eigenvalue weighted by molar-refractivity contribution is 6.31. The van der Waals surface area contributed by atoms with E-state index >= 15 is 0 Å². The number of aliphatic hydroxyl groups is 1. The Balaban J connectivity index is 2.06. The summed E-state index contributed by atoms with van der Waals surface area (Å²) in [4.78, 5) is 22.3. The molecule has 0 spiro atoms. The summed E-state index contributed by atoms with van der Waals surface area (Å²) in [7, 11) is 0. The third-order valence-corrected chi connectivity index (χ3v) is 3.25. The molecule has 0 atom stereocenters. The largest absolute Gasteiger partial charge is 0.396 e. The number of halogens is 1. The lowest BCUT2D eigenvalue weighted by atomic mass is 10.1. The minimum Gasteiger partial charge on any atom is -0.396 e. The molecule has 2 amide bonds. The van der Waals surface area contributed by atoms with Crippen LogP contribution in [0, 0.1) is 10.1 Å². The van der Waals surface area contributed by atoms with E-state index in [9.17, 15) is 14.9 Å². The third-order valence-electron chi connectivity index (χ3n) is 3.02. The predicted octanol–water partition coefficient (Wildman–Crippen LogP) is 3.43. The molecule has 2 aromatic rings. The van der Waals surface area contributed by atoms with Crippen LogP contribution in [0.2, 0.25) is 5.02 Å². The summed E-state index contributed by atoms with van der Waals surface area (Å²) < 4.78 is 0. The van der Waals surface area contributed by atoms with Crippen LogP contribution in [-0.4, -0.2) is 22.7 Å². The summed E-state index contributed by atoms with van der Waals surface area (Å²) in [6.07, 6.45) is 0.531. The van der Waals surface area contributed by atoms with Gasteiger partial charge in [-0.3, -0.25) is 10.1 Å². The van der Waals surface area contributed by atoms with Gasteiger partial charge in [0.1, 0.15) is 5.69 Å². The summed E-state index contributed by atoms with van der Waals surface area (Å²) in [5, 5.41) is 25.0. The van der Waals surface area contributed by atoms with Crippen molar-refractivity contribution in [1.82, 2.24) is 0 Å². The van der Waals surface area contributed by atoms with Gasteiger partial charge in [-0.2, -0.15) is 0 Å². The molecule has 2 rings (SSSR count). The zero-order chi connectivity index (χ0) is 16.8. The quantitative estimate of drug-likeness (QED) is 0.575. The van der Waals surface area contributed by atoms with Gasteiger partial charge in [0.2, 0.25) is 0 Å². The maximum absolute atomic E-state index is 11.9. The van der Waals surface area contributed by atoms with Crippen LogP contribution in [0.15, 0.2) is 42.5 Å². The van der Waals surface area contributed by atoms with Gasteiger partial charge in [0.25, 0.3) is 5.69 Å². The van der Waals surface area contributed by atoms with Crippen molar-refractivity contribution in [2.75, 3.05) is 17.2 Å². The van der Waals surface area contributed by atoms with Gasteiger partial charge >= 0.3 is 6.03 Å². The predicted molar refractivity (Wildman–Crippen MR) is 88.0 cm³/mol. The van der Waals surface area contributed by atoms with E-state index < -0.39 is 11.0 Å². The Morgan fingerprint density at radius 1 is 1.17 bits per heavy atom. The normalized spacial score (nSPS) is 10.2. The Bertz CT molecular complexity index is 719. The van der Waals surface area contributed by atoms with Crippen molar-refractivity contribution in [3.05, 3.63) is 63.2 Å². The van der Waals surface area contributed by atoms with Gasteiger partial charge in [-0.05, 0) is 36.2 Å². The second-order valence-corrected chi connectivity index (χ2v) is 5.10. The monoisotopic (exact) mass is 335 g/mol. The minimum atomic E-state index is -0.620. The molecule has 120 valence electrons. The molecule has 2 aromatic carbocycles. The zero-order valence-corrected chi connectivity index (χ0v) is 12.7. The zero-order valence-electron chi connectivity index (χ0n) is 12.0. The van der Waals surface area contributed by atoms with E-state index in [-0.39, 0.29) is 23.0 Å². The fraction of sp³-hybridized carbons (Fsp3) is 0.133. The van der Waals surface area contributed by atoms with E-state index in [1.54, 1.807) is 24.3 Å². The number of benzene rings is 2. The van der Waals surface area contributed by atoms with E-state index in [4.69, 9.17) is 16.7 Å². The summed E-state index contributed by atoms with van der Waals surface area (Å²) >= 11 is 5.72. The lowest BCUT2D eigenvalue weighted by molar-refractivity contribution is -0.383. The van der Waals surface area contributed by atoms with Crippen LogP contribution in [0.3, 0.4) is 0 Å². The molecule has 3 N–H and O–H groups in total. The fourth-order valence-corrected chi connectivity index (χ4v) is 2.10. The molecule has 0 aromatic heterocycles. The number of anilines is 2. The lowest BCUT2D eigenvalue weighted by Crippen LogP contribution is -2.20. The smallest absolute Gasteiger partial charge is 0.323 e. The molecule has 0 saturated carbocycles.